The van der Waals surface area contributed by atoms with E-state index in [4.69, 9.17) is 5.11 Å². The van der Waals surface area contributed by atoms with Gasteiger partial charge in [0.1, 0.15) is 5.82 Å². The minimum Gasteiger partial charge on any atom is -0.478 e. The van der Waals surface area contributed by atoms with Gasteiger partial charge in [-0.2, -0.15) is 0 Å². The number of benzene rings is 2. The van der Waals surface area contributed by atoms with Crippen molar-refractivity contribution in [2.75, 3.05) is 0 Å². The van der Waals surface area contributed by atoms with E-state index in [1.54, 1.807) is 12.1 Å². The first-order valence-corrected chi connectivity index (χ1v) is 5.18. The number of carboxylic acid groups (broad SMARTS) is 1. The molecule has 3 heteroatoms. The van der Waals surface area contributed by atoms with Gasteiger partial charge in [0, 0.05) is 0 Å². The molecule has 0 radical (unpaired) electrons. The van der Waals surface area contributed by atoms with Gasteiger partial charge in [-0.15, -0.1) is 0 Å². The van der Waals surface area contributed by atoms with Crippen molar-refractivity contribution in [3.8, 4) is 11.1 Å². The topological polar surface area (TPSA) is 37.3 Å². The number of halogens is 1. The molecule has 2 rings (SSSR count). The molecule has 2 nitrogen and oxygen atoms in total. The van der Waals surface area contributed by atoms with Crippen LogP contribution in [0.3, 0.4) is 0 Å². The van der Waals surface area contributed by atoms with Crippen LogP contribution in [0.2, 0.25) is 0 Å². The second kappa shape index (κ2) is 4.37. The fourth-order valence-corrected chi connectivity index (χ4v) is 1.80. The van der Waals surface area contributed by atoms with E-state index < -0.39 is 11.8 Å². The predicted octanol–water partition coefficient (Wildman–Crippen LogP) is 3.50. The highest BCUT2D eigenvalue weighted by molar-refractivity contribution is 5.96. The fraction of sp³-hybridized carbons (Fsp3) is 0.0714. The van der Waals surface area contributed by atoms with Crippen LogP contribution in [0.25, 0.3) is 11.1 Å². The molecule has 0 bridgehead atoms. The van der Waals surface area contributed by atoms with Gasteiger partial charge in [0.05, 0.1) is 5.56 Å². The van der Waals surface area contributed by atoms with Gasteiger partial charge in [-0.05, 0) is 41.8 Å². The lowest BCUT2D eigenvalue weighted by Crippen LogP contribution is -2.00. The summed E-state index contributed by atoms with van der Waals surface area (Å²) in [6, 6.07) is 11.0. The Morgan fingerprint density at radius 3 is 2.47 bits per heavy atom. The van der Waals surface area contributed by atoms with Gasteiger partial charge >= 0.3 is 5.97 Å². The Bertz CT molecular complexity index is 576. The zero-order chi connectivity index (χ0) is 12.4. The van der Waals surface area contributed by atoms with Gasteiger partial charge < -0.3 is 5.11 Å². The van der Waals surface area contributed by atoms with Gasteiger partial charge in [-0.1, -0.05) is 24.3 Å². The summed E-state index contributed by atoms with van der Waals surface area (Å²) in [5.41, 5.74) is 2.18. The van der Waals surface area contributed by atoms with Crippen molar-refractivity contribution in [3.05, 3.63) is 59.4 Å². The van der Waals surface area contributed by atoms with Gasteiger partial charge in [-0.25, -0.2) is 9.18 Å². The van der Waals surface area contributed by atoms with Crippen molar-refractivity contribution in [1.82, 2.24) is 0 Å². The van der Waals surface area contributed by atoms with Gasteiger partial charge in [0.25, 0.3) is 0 Å². The van der Waals surface area contributed by atoms with Gasteiger partial charge in [-0.3, -0.25) is 0 Å². The summed E-state index contributed by atoms with van der Waals surface area (Å²) < 4.78 is 13.2. The molecule has 2 aromatic rings. The Labute approximate surface area is 98.3 Å². The van der Waals surface area contributed by atoms with Crippen molar-refractivity contribution in [3.63, 3.8) is 0 Å². The lowest BCUT2D eigenvalue weighted by atomic mass is 9.96. The van der Waals surface area contributed by atoms with Crippen molar-refractivity contribution in [1.29, 1.82) is 0 Å². The fourth-order valence-electron chi connectivity index (χ4n) is 1.80. The number of aromatic carboxylic acids is 1. The van der Waals surface area contributed by atoms with Crippen molar-refractivity contribution in [2.45, 2.75) is 6.92 Å². The number of carbonyl (C=O) groups is 1. The van der Waals surface area contributed by atoms with Crippen LogP contribution >= 0.6 is 0 Å². The van der Waals surface area contributed by atoms with Gasteiger partial charge in [0.2, 0.25) is 0 Å². The maximum absolute atomic E-state index is 13.2. The molecular weight excluding hydrogens is 219 g/mol. The van der Waals surface area contributed by atoms with E-state index in [1.807, 2.05) is 19.1 Å². The second-order valence-electron chi connectivity index (χ2n) is 3.81. The first-order chi connectivity index (χ1) is 8.09. The van der Waals surface area contributed by atoms with E-state index in [2.05, 4.69) is 0 Å². The van der Waals surface area contributed by atoms with Crippen LogP contribution in [-0.2, 0) is 0 Å². The average molecular weight is 230 g/mol. The van der Waals surface area contributed by atoms with E-state index in [9.17, 15) is 9.18 Å². The molecule has 0 unspecified atom stereocenters. The quantitative estimate of drug-likeness (QED) is 0.857. The number of aryl methyl sites for hydroxylation is 1. The van der Waals surface area contributed by atoms with Crippen LogP contribution in [0.15, 0.2) is 42.5 Å². The summed E-state index contributed by atoms with van der Waals surface area (Å²) >= 11 is 0. The molecule has 0 amide bonds. The molecule has 0 aliphatic rings. The molecular formula is C14H11FO2. The van der Waals surface area contributed by atoms with E-state index in [0.29, 0.717) is 5.56 Å². The van der Waals surface area contributed by atoms with Crippen molar-refractivity contribution < 1.29 is 14.3 Å². The highest BCUT2D eigenvalue weighted by Crippen LogP contribution is 2.27. The maximum atomic E-state index is 13.2. The molecule has 0 saturated carbocycles. The zero-order valence-electron chi connectivity index (χ0n) is 9.27. The summed E-state index contributed by atoms with van der Waals surface area (Å²) in [6.45, 7) is 1.87. The summed E-state index contributed by atoms with van der Waals surface area (Å²) in [5, 5.41) is 9.09. The normalized spacial score (nSPS) is 10.2. The molecule has 0 aliphatic heterocycles. The second-order valence-corrected chi connectivity index (χ2v) is 3.81. The SMILES string of the molecule is Cc1ccccc1-c1cc(F)ccc1C(=O)O. The summed E-state index contributed by atoms with van der Waals surface area (Å²) in [4.78, 5) is 11.1. The van der Waals surface area contributed by atoms with Crippen LogP contribution in [-0.4, -0.2) is 11.1 Å². The zero-order valence-corrected chi connectivity index (χ0v) is 9.27. The third kappa shape index (κ3) is 2.18. The standard InChI is InChI=1S/C14H11FO2/c1-9-4-2-3-5-11(9)13-8-10(15)6-7-12(13)14(16)17/h2-8H,1H3,(H,16,17). The van der Waals surface area contributed by atoms with Crippen LogP contribution in [0.1, 0.15) is 15.9 Å². The molecule has 0 fully saturated rings. The lowest BCUT2D eigenvalue weighted by molar-refractivity contribution is 0.0697. The van der Waals surface area contributed by atoms with Crippen LogP contribution < -0.4 is 0 Å². The van der Waals surface area contributed by atoms with E-state index >= 15 is 0 Å². The summed E-state index contributed by atoms with van der Waals surface area (Å²) in [5.74, 6) is -1.49. The number of hydrogen-bond acceptors (Lipinski definition) is 1. The molecule has 0 spiro atoms. The molecule has 17 heavy (non-hydrogen) atoms. The Morgan fingerprint density at radius 1 is 1.12 bits per heavy atom. The third-order valence-electron chi connectivity index (χ3n) is 2.65. The Hall–Kier alpha value is -2.16. The minimum absolute atomic E-state index is 0.112. The molecule has 1 N–H and O–H groups in total. The van der Waals surface area contributed by atoms with Crippen molar-refractivity contribution >= 4 is 5.97 Å². The smallest absolute Gasteiger partial charge is 0.336 e. The van der Waals surface area contributed by atoms with Gasteiger partial charge in [0.15, 0.2) is 0 Å². The Morgan fingerprint density at radius 2 is 1.82 bits per heavy atom. The Kier molecular flexibility index (Phi) is 2.91. The molecule has 86 valence electrons. The van der Waals surface area contributed by atoms with Crippen LogP contribution in [0.5, 0.6) is 0 Å². The monoisotopic (exact) mass is 230 g/mol. The predicted molar refractivity (Wildman–Crippen MR) is 63.5 cm³/mol. The molecule has 0 atom stereocenters. The number of carboxylic acids is 1. The Balaban J connectivity index is 2.70. The number of hydrogen-bond donors (Lipinski definition) is 1. The maximum Gasteiger partial charge on any atom is 0.336 e. The van der Waals surface area contributed by atoms with Crippen LogP contribution in [0.4, 0.5) is 4.39 Å². The molecule has 0 heterocycles. The van der Waals surface area contributed by atoms with E-state index in [0.717, 1.165) is 17.2 Å². The molecule has 0 aromatic heterocycles. The van der Waals surface area contributed by atoms with E-state index in [1.165, 1.54) is 12.1 Å². The summed E-state index contributed by atoms with van der Waals surface area (Å²) in [7, 11) is 0. The first kappa shape index (κ1) is 11.3. The molecule has 0 saturated heterocycles. The summed E-state index contributed by atoms with van der Waals surface area (Å²) in [6.07, 6.45) is 0. The lowest BCUT2D eigenvalue weighted by Gasteiger charge is -2.09. The van der Waals surface area contributed by atoms with E-state index in [-0.39, 0.29) is 5.56 Å². The number of rotatable bonds is 2. The highest BCUT2D eigenvalue weighted by atomic mass is 19.1. The minimum atomic E-state index is -1.05. The first-order valence-electron chi connectivity index (χ1n) is 5.18. The largest absolute Gasteiger partial charge is 0.478 e. The third-order valence-corrected chi connectivity index (χ3v) is 2.65. The average Bonchev–Trinajstić information content (AvgIpc) is 2.29. The van der Waals surface area contributed by atoms with Crippen molar-refractivity contribution in [2.24, 2.45) is 0 Å². The van der Waals surface area contributed by atoms with Crippen LogP contribution in [0, 0.1) is 12.7 Å². The molecule has 2 aromatic carbocycles. The highest BCUT2D eigenvalue weighted by Gasteiger charge is 2.13. The molecule has 0 aliphatic carbocycles.